The highest BCUT2D eigenvalue weighted by molar-refractivity contribution is 6.34. The van der Waals surface area contributed by atoms with E-state index in [0.29, 0.717) is 0 Å². The molecule has 0 radical (unpaired) electrons. The predicted octanol–water partition coefficient (Wildman–Crippen LogP) is 1.82. The molecule has 8 nitrogen and oxygen atoms in total. The molecule has 5 N–H and O–H groups in total. The average molecular weight is 357 g/mol. The summed E-state index contributed by atoms with van der Waals surface area (Å²) in [4.78, 5) is 36.7. The number of methoxy groups -OCH3 is 1. The van der Waals surface area contributed by atoms with Gasteiger partial charge in [0.05, 0.1) is 12.1 Å². The lowest BCUT2D eigenvalue weighted by Crippen LogP contribution is -2.24. The number of anilines is 1. The van der Waals surface area contributed by atoms with E-state index in [2.05, 4.69) is 0 Å². The van der Waals surface area contributed by atoms with Crippen LogP contribution in [-0.4, -0.2) is 34.2 Å². The second-order valence-electron chi connectivity index (χ2n) is 4.55. The Morgan fingerprint density at radius 2 is 1.83 bits per heavy atom. The van der Waals surface area contributed by atoms with Gasteiger partial charge in [-0.1, -0.05) is 11.6 Å². The number of nitrogens with two attached hydrogens (primary N) is 1. The SMILES string of the molecule is COc1ccc(-c2c(C(=O)O)c(N)[nH]c(=O)c2C(=O)O)c(Cl)c1F. The number of carboxylic acid groups (broad SMARTS) is 2. The largest absolute Gasteiger partial charge is 0.494 e. The summed E-state index contributed by atoms with van der Waals surface area (Å²) in [5.74, 6) is -5.20. The summed E-state index contributed by atoms with van der Waals surface area (Å²) in [6.45, 7) is 0. The van der Waals surface area contributed by atoms with Crippen molar-refractivity contribution in [2.24, 2.45) is 0 Å². The minimum Gasteiger partial charge on any atom is -0.494 e. The first kappa shape index (κ1) is 17.3. The average Bonchev–Trinajstić information content (AvgIpc) is 2.48. The molecule has 126 valence electrons. The number of hydrogen-bond acceptors (Lipinski definition) is 5. The van der Waals surface area contributed by atoms with Gasteiger partial charge in [0, 0.05) is 11.1 Å². The molecule has 0 spiro atoms. The van der Waals surface area contributed by atoms with Crippen LogP contribution >= 0.6 is 11.6 Å². The number of aromatic carboxylic acids is 2. The molecule has 10 heteroatoms. The zero-order valence-electron chi connectivity index (χ0n) is 12.0. The van der Waals surface area contributed by atoms with Gasteiger partial charge in [-0.15, -0.1) is 0 Å². The zero-order valence-corrected chi connectivity index (χ0v) is 12.8. The van der Waals surface area contributed by atoms with Gasteiger partial charge in [-0.05, 0) is 12.1 Å². The first-order valence-electron chi connectivity index (χ1n) is 6.25. The normalized spacial score (nSPS) is 10.5. The van der Waals surface area contributed by atoms with Gasteiger partial charge in [-0.25, -0.2) is 14.0 Å². The number of benzene rings is 1. The van der Waals surface area contributed by atoms with Crippen LogP contribution < -0.4 is 16.0 Å². The molecule has 0 saturated carbocycles. The van der Waals surface area contributed by atoms with Gasteiger partial charge < -0.3 is 25.7 Å². The van der Waals surface area contributed by atoms with E-state index in [1.807, 2.05) is 4.98 Å². The fraction of sp³-hybridized carbons (Fsp3) is 0.0714. The van der Waals surface area contributed by atoms with Gasteiger partial charge in [-0.3, -0.25) is 4.79 Å². The third-order valence-corrected chi connectivity index (χ3v) is 3.58. The van der Waals surface area contributed by atoms with E-state index in [1.165, 1.54) is 7.11 Å². The van der Waals surface area contributed by atoms with E-state index in [-0.39, 0.29) is 11.3 Å². The van der Waals surface area contributed by atoms with Crippen molar-refractivity contribution in [3.63, 3.8) is 0 Å². The van der Waals surface area contributed by atoms with Gasteiger partial charge in [0.15, 0.2) is 11.6 Å². The monoisotopic (exact) mass is 356 g/mol. The number of nitrogens with one attached hydrogen (secondary N) is 1. The van der Waals surface area contributed by atoms with Crippen LogP contribution in [0.15, 0.2) is 16.9 Å². The highest BCUT2D eigenvalue weighted by Gasteiger charge is 2.29. The lowest BCUT2D eigenvalue weighted by molar-refractivity contribution is 0.0695. The molecule has 0 atom stereocenters. The molecule has 0 unspecified atom stereocenters. The van der Waals surface area contributed by atoms with Crippen molar-refractivity contribution in [1.29, 1.82) is 0 Å². The van der Waals surface area contributed by atoms with E-state index in [4.69, 9.17) is 22.1 Å². The van der Waals surface area contributed by atoms with E-state index >= 15 is 0 Å². The molecule has 0 saturated heterocycles. The Hall–Kier alpha value is -3.07. The van der Waals surface area contributed by atoms with E-state index in [9.17, 15) is 29.0 Å². The highest BCUT2D eigenvalue weighted by atomic mass is 35.5. The molecule has 0 amide bonds. The summed E-state index contributed by atoms with van der Waals surface area (Å²) < 4.78 is 18.9. The summed E-state index contributed by atoms with van der Waals surface area (Å²) in [7, 11) is 1.19. The standard InChI is InChI=1S/C14H10ClFN2O6/c1-24-5-3-2-4(9(15)10(5)16)6-7(13(20)21)11(17)18-12(19)8(6)14(22)23/h2-3H,1H3,(H,20,21)(H,22,23)(H3,17,18,19). The van der Waals surface area contributed by atoms with Crippen molar-refractivity contribution < 1.29 is 28.9 Å². The number of aromatic nitrogens is 1. The number of ether oxygens (including phenoxy) is 1. The molecule has 1 aromatic carbocycles. The minimum absolute atomic E-state index is 0.240. The number of carbonyl (C=O) groups is 2. The van der Waals surface area contributed by atoms with Crippen LogP contribution in [0.4, 0.5) is 10.2 Å². The van der Waals surface area contributed by atoms with E-state index < -0.39 is 50.8 Å². The van der Waals surface area contributed by atoms with Crippen molar-refractivity contribution in [3.05, 3.63) is 44.5 Å². The molecule has 0 aliphatic rings. The molecule has 0 bridgehead atoms. The molecule has 1 aromatic heterocycles. The van der Waals surface area contributed by atoms with Crippen LogP contribution in [0.3, 0.4) is 0 Å². The fourth-order valence-corrected chi connectivity index (χ4v) is 2.45. The summed E-state index contributed by atoms with van der Waals surface area (Å²) in [6.07, 6.45) is 0. The summed E-state index contributed by atoms with van der Waals surface area (Å²) in [5.41, 5.74) is 1.79. The number of aromatic amines is 1. The Bertz CT molecular complexity index is 924. The number of pyridine rings is 1. The van der Waals surface area contributed by atoms with Crippen LogP contribution in [-0.2, 0) is 0 Å². The minimum atomic E-state index is -1.72. The van der Waals surface area contributed by atoms with Gasteiger partial charge in [0.2, 0.25) is 0 Å². The Morgan fingerprint density at radius 3 is 2.33 bits per heavy atom. The number of hydrogen-bond donors (Lipinski definition) is 4. The van der Waals surface area contributed by atoms with E-state index in [1.54, 1.807) is 0 Å². The van der Waals surface area contributed by atoms with Gasteiger partial charge in [0.25, 0.3) is 5.56 Å². The van der Waals surface area contributed by atoms with Crippen LogP contribution in [0.1, 0.15) is 20.7 Å². The van der Waals surface area contributed by atoms with Crippen LogP contribution in [0.2, 0.25) is 5.02 Å². The van der Waals surface area contributed by atoms with Crippen LogP contribution in [0.25, 0.3) is 11.1 Å². The third kappa shape index (κ3) is 2.65. The fourth-order valence-electron chi connectivity index (χ4n) is 2.20. The Balaban J connectivity index is 3.03. The molecular weight excluding hydrogens is 347 g/mol. The quantitative estimate of drug-likeness (QED) is 0.654. The second-order valence-corrected chi connectivity index (χ2v) is 4.92. The zero-order chi connectivity index (χ0) is 18.2. The van der Waals surface area contributed by atoms with Crippen molar-refractivity contribution in [2.75, 3.05) is 12.8 Å². The Labute approximate surface area is 138 Å². The maximum Gasteiger partial charge on any atom is 0.342 e. The molecule has 2 rings (SSSR count). The summed E-state index contributed by atoms with van der Waals surface area (Å²) >= 11 is 5.88. The molecule has 2 aromatic rings. The first-order chi connectivity index (χ1) is 11.2. The predicted molar refractivity (Wildman–Crippen MR) is 82.3 cm³/mol. The Morgan fingerprint density at radius 1 is 1.25 bits per heavy atom. The van der Waals surface area contributed by atoms with Crippen molar-refractivity contribution in [3.8, 4) is 16.9 Å². The van der Waals surface area contributed by atoms with Gasteiger partial charge >= 0.3 is 11.9 Å². The molecule has 1 heterocycles. The number of H-pyrrole nitrogens is 1. The molecule has 0 aliphatic carbocycles. The molecule has 0 fully saturated rings. The third-order valence-electron chi connectivity index (χ3n) is 3.21. The number of nitrogen functional groups attached to an aromatic ring is 1. The van der Waals surface area contributed by atoms with Crippen molar-refractivity contribution in [2.45, 2.75) is 0 Å². The smallest absolute Gasteiger partial charge is 0.342 e. The second kappa shape index (κ2) is 6.20. The maximum atomic E-state index is 14.1. The molecular formula is C14H10ClFN2O6. The number of halogens is 2. The topological polar surface area (TPSA) is 143 Å². The van der Waals surface area contributed by atoms with Crippen LogP contribution in [0, 0.1) is 5.82 Å². The highest BCUT2D eigenvalue weighted by Crippen LogP contribution is 2.38. The summed E-state index contributed by atoms with van der Waals surface area (Å²) in [6, 6.07) is 2.25. The number of rotatable bonds is 4. The summed E-state index contributed by atoms with van der Waals surface area (Å²) in [5, 5.41) is 18.0. The molecule has 24 heavy (non-hydrogen) atoms. The lowest BCUT2D eigenvalue weighted by atomic mass is 9.95. The van der Waals surface area contributed by atoms with Crippen molar-refractivity contribution in [1.82, 2.24) is 4.98 Å². The van der Waals surface area contributed by atoms with Crippen LogP contribution in [0.5, 0.6) is 5.75 Å². The first-order valence-corrected chi connectivity index (χ1v) is 6.63. The van der Waals surface area contributed by atoms with Crippen molar-refractivity contribution >= 4 is 29.4 Å². The van der Waals surface area contributed by atoms with Gasteiger partial charge in [0.1, 0.15) is 16.9 Å². The lowest BCUT2D eigenvalue weighted by Gasteiger charge is -2.14. The van der Waals surface area contributed by atoms with E-state index in [0.717, 1.165) is 12.1 Å². The van der Waals surface area contributed by atoms with Gasteiger partial charge in [-0.2, -0.15) is 0 Å². The Kier molecular flexibility index (Phi) is 4.47. The molecule has 0 aliphatic heterocycles. The number of carboxylic acids is 2. The maximum absolute atomic E-state index is 14.1.